The van der Waals surface area contributed by atoms with Crippen LogP contribution in [0.25, 0.3) is 11.1 Å². The van der Waals surface area contributed by atoms with E-state index in [2.05, 4.69) is 4.72 Å². The Kier molecular flexibility index (Phi) is 4.50. The van der Waals surface area contributed by atoms with E-state index in [0.29, 0.717) is 0 Å². The van der Waals surface area contributed by atoms with Gasteiger partial charge in [-0.1, -0.05) is 36.4 Å². The molecule has 0 saturated heterocycles. The summed E-state index contributed by atoms with van der Waals surface area (Å²) in [5, 5.41) is 0. The van der Waals surface area contributed by atoms with Gasteiger partial charge in [0.25, 0.3) is 10.0 Å². The molecule has 0 amide bonds. The van der Waals surface area contributed by atoms with Crippen molar-refractivity contribution >= 4 is 15.7 Å². The van der Waals surface area contributed by atoms with Crippen LogP contribution in [0, 0.1) is 17.5 Å². The van der Waals surface area contributed by atoms with Crippen LogP contribution in [0.4, 0.5) is 18.9 Å². The van der Waals surface area contributed by atoms with Crippen LogP contribution in [0.5, 0.6) is 0 Å². The largest absolute Gasteiger partial charge is 0.279 e. The Balaban J connectivity index is 2.06. The highest BCUT2D eigenvalue weighted by Crippen LogP contribution is 2.31. The fourth-order valence-corrected chi connectivity index (χ4v) is 3.44. The van der Waals surface area contributed by atoms with E-state index in [-0.39, 0.29) is 21.7 Å². The lowest BCUT2D eigenvalue weighted by Gasteiger charge is -2.13. The van der Waals surface area contributed by atoms with Gasteiger partial charge in [-0.2, -0.15) is 0 Å². The number of nitrogens with one attached hydrogen (secondary N) is 1. The molecule has 1 N–H and O–H groups in total. The predicted octanol–water partition coefficient (Wildman–Crippen LogP) is 4.57. The van der Waals surface area contributed by atoms with Crippen LogP contribution in [0.3, 0.4) is 0 Å². The molecule has 0 fully saturated rings. The van der Waals surface area contributed by atoms with Crippen molar-refractivity contribution in [2.75, 3.05) is 4.72 Å². The van der Waals surface area contributed by atoms with E-state index in [0.717, 1.165) is 12.1 Å². The fraction of sp³-hybridized carbons (Fsp3) is 0. The minimum absolute atomic E-state index is 0.0164. The van der Waals surface area contributed by atoms with E-state index >= 15 is 0 Å². The molecular formula is C18H12F3NO2S. The van der Waals surface area contributed by atoms with Gasteiger partial charge in [0.1, 0.15) is 0 Å². The Labute approximate surface area is 142 Å². The topological polar surface area (TPSA) is 46.2 Å². The van der Waals surface area contributed by atoms with Gasteiger partial charge in [0.05, 0.1) is 10.6 Å². The third kappa shape index (κ3) is 3.51. The first-order valence-electron chi connectivity index (χ1n) is 7.20. The molecule has 25 heavy (non-hydrogen) atoms. The summed E-state index contributed by atoms with van der Waals surface area (Å²) in [7, 11) is -3.88. The van der Waals surface area contributed by atoms with Crippen molar-refractivity contribution in [1.82, 2.24) is 0 Å². The summed E-state index contributed by atoms with van der Waals surface area (Å²) in [4.78, 5) is 0.0428. The molecule has 0 saturated carbocycles. The van der Waals surface area contributed by atoms with Gasteiger partial charge in [-0.25, -0.2) is 21.6 Å². The van der Waals surface area contributed by atoms with Crippen molar-refractivity contribution in [2.24, 2.45) is 0 Å². The summed E-state index contributed by atoms with van der Waals surface area (Å²) in [6, 6.07) is 15.4. The molecular weight excluding hydrogens is 351 g/mol. The summed E-state index contributed by atoms with van der Waals surface area (Å²) in [5.74, 6) is -4.28. The third-order valence-electron chi connectivity index (χ3n) is 3.52. The average molecular weight is 363 g/mol. The van der Waals surface area contributed by atoms with Crippen molar-refractivity contribution in [1.29, 1.82) is 0 Å². The lowest BCUT2D eigenvalue weighted by atomic mass is 10.0. The summed E-state index contributed by atoms with van der Waals surface area (Å²) < 4.78 is 67.5. The molecule has 7 heteroatoms. The molecule has 3 aromatic carbocycles. The molecule has 0 aliphatic carbocycles. The van der Waals surface area contributed by atoms with Gasteiger partial charge in [-0.05, 0) is 35.9 Å². The van der Waals surface area contributed by atoms with Crippen LogP contribution in [0.2, 0.25) is 0 Å². The Hall–Kier alpha value is -2.80. The Bertz CT molecular complexity index is 998. The molecule has 0 aromatic heterocycles. The smallest absolute Gasteiger partial charge is 0.261 e. The zero-order chi connectivity index (χ0) is 18.0. The van der Waals surface area contributed by atoms with Crippen LogP contribution < -0.4 is 4.72 Å². The van der Waals surface area contributed by atoms with Crippen molar-refractivity contribution in [3.63, 3.8) is 0 Å². The molecule has 0 aliphatic heterocycles. The monoisotopic (exact) mass is 363 g/mol. The Morgan fingerprint density at radius 1 is 0.760 bits per heavy atom. The van der Waals surface area contributed by atoms with E-state index in [4.69, 9.17) is 0 Å². The molecule has 3 aromatic rings. The standard InChI is InChI=1S/C18H12F3NO2S/c19-15-10-12(11-16(20)18(15)21)14-8-4-5-9-17(14)22-25(23,24)13-6-2-1-3-7-13/h1-11,22H. The average Bonchev–Trinajstić information content (AvgIpc) is 2.60. The van der Waals surface area contributed by atoms with Crippen LogP contribution in [0.1, 0.15) is 0 Å². The molecule has 0 unspecified atom stereocenters. The maximum Gasteiger partial charge on any atom is 0.261 e. The number of para-hydroxylation sites is 1. The van der Waals surface area contributed by atoms with Crippen LogP contribution in [0.15, 0.2) is 71.6 Å². The number of sulfonamides is 1. The van der Waals surface area contributed by atoms with E-state index in [9.17, 15) is 21.6 Å². The highest BCUT2D eigenvalue weighted by molar-refractivity contribution is 7.92. The molecule has 3 rings (SSSR count). The molecule has 0 radical (unpaired) electrons. The van der Waals surface area contributed by atoms with Crippen LogP contribution in [-0.4, -0.2) is 8.42 Å². The van der Waals surface area contributed by atoms with Crippen LogP contribution >= 0.6 is 0 Å². The number of anilines is 1. The van der Waals surface area contributed by atoms with Gasteiger partial charge in [0, 0.05) is 5.56 Å². The van der Waals surface area contributed by atoms with Gasteiger partial charge in [-0.15, -0.1) is 0 Å². The normalized spacial score (nSPS) is 11.3. The summed E-state index contributed by atoms with van der Waals surface area (Å²) >= 11 is 0. The number of hydrogen-bond acceptors (Lipinski definition) is 2. The van der Waals surface area contributed by atoms with Gasteiger partial charge in [0.15, 0.2) is 17.5 Å². The summed E-state index contributed by atoms with van der Waals surface area (Å²) in [5.41, 5.74) is 0.360. The molecule has 3 nitrogen and oxygen atoms in total. The minimum atomic E-state index is -3.88. The summed E-state index contributed by atoms with van der Waals surface area (Å²) in [6.45, 7) is 0. The first-order valence-corrected chi connectivity index (χ1v) is 8.68. The highest BCUT2D eigenvalue weighted by atomic mass is 32.2. The quantitative estimate of drug-likeness (QED) is 0.690. The number of rotatable bonds is 4. The van der Waals surface area contributed by atoms with Gasteiger partial charge < -0.3 is 0 Å². The second-order valence-corrected chi connectivity index (χ2v) is 6.90. The second-order valence-electron chi connectivity index (χ2n) is 5.22. The Morgan fingerprint density at radius 2 is 1.32 bits per heavy atom. The fourth-order valence-electron chi connectivity index (χ4n) is 2.34. The molecule has 128 valence electrons. The Morgan fingerprint density at radius 3 is 1.96 bits per heavy atom. The second kappa shape index (κ2) is 6.60. The maximum absolute atomic E-state index is 13.5. The zero-order valence-corrected chi connectivity index (χ0v) is 13.5. The number of halogens is 3. The van der Waals surface area contributed by atoms with Crippen molar-refractivity contribution in [3.8, 4) is 11.1 Å². The summed E-state index contributed by atoms with van der Waals surface area (Å²) in [6.07, 6.45) is 0. The van der Waals surface area contributed by atoms with Crippen molar-refractivity contribution in [2.45, 2.75) is 4.90 Å². The van der Waals surface area contributed by atoms with Gasteiger partial charge in [0.2, 0.25) is 0 Å². The first kappa shape index (κ1) is 17.0. The zero-order valence-electron chi connectivity index (χ0n) is 12.7. The molecule has 0 bridgehead atoms. The van der Waals surface area contributed by atoms with E-state index in [1.807, 2.05) is 0 Å². The highest BCUT2D eigenvalue weighted by Gasteiger charge is 2.18. The van der Waals surface area contributed by atoms with Gasteiger partial charge in [-0.3, -0.25) is 4.72 Å². The number of hydrogen-bond donors (Lipinski definition) is 1. The molecule has 0 atom stereocenters. The number of benzene rings is 3. The third-order valence-corrected chi connectivity index (χ3v) is 4.90. The first-order chi connectivity index (χ1) is 11.9. The molecule has 0 aliphatic rings. The van der Waals surface area contributed by atoms with Crippen molar-refractivity contribution < 1.29 is 21.6 Å². The van der Waals surface area contributed by atoms with Gasteiger partial charge >= 0.3 is 0 Å². The lowest BCUT2D eigenvalue weighted by molar-refractivity contribution is 0.448. The SMILES string of the molecule is O=S(=O)(Nc1ccccc1-c1cc(F)c(F)c(F)c1)c1ccccc1. The lowest BCUT2D eigenvalue weighted by Crippen LogP contribution is -2.13. The maximum atomic E-state index is 13.5. The van der Waals surface area contributed by atoms with E-state index in [1.54, 1.807) is 30.3 Å². The predicted molar refractivity (Wildman–Crippen MR) is 89.0 cm³/mol. The molecule has 0 heterocycles. The van der Waals surface area contributed by atoms with Crippen molar-refractivity contribution in [3.05, 3.63) is 84.2 Å². The van der Waals surface area contributed by atoms with E-state index in [1.165, 1.54) is 24.3 Å². The molecule has 0 spiro atoms. The van der Waals surface area contributed by atoms with Crippen LogP contribution in [-0.2, 0) is 10.0 Å². The van der Waals surface area contributed by atoms with E-state index < -0.39 is 27.5 Å². The minimum Gasteiger partial charge on any atom is -0.279 e.